The van der Waals surface area contributed by atoms with Gasteiger partial charge in [0.1, 0.15) is 11.2 Å². The number of H-pyrrole nitrogens is 1. The molecule has 2 heterocycles. The minimum Gasteiger partial charge on any atom is -0.455 e. The van der Waals surface area contributed by atoms with Crippen LogP contribution in [0, 0.1) is 0 Å². The predicted octanol–water partition coefficient (Wildman–Crippen LogP) is 7.28. The maximum absolute atomic E-state index is 6.21. The normalized spacial score (nSPS) is 8.62. The Labute approximate surface area is 1040 Å². The molecule has 4 aromatic carbocycles. The number of fused-ring (bicyclic) bond motifs is 6. The Morgan fingerprint density at radius 1 is 0.163 bits per heavy atom. The number of rotatable bonds is 1. The topological polar surface area (TPSA) is 28.9 Å². The number of hydrogen-bond donors (Lipinski definition) is 1. The van der Waals surface area contributed by atoms with E-state index in [0.717, 1.165) is 33.0 Å². The first kappa shape index (κ1) is 140. The zero-order valence-electron chi connectivity index (χ0n) is 55.6. The van der Waals surface area contributed by atoms with Crippen molar-refractivity contribution >= 4 is 954 Å². The largest absolute Gasteiger partial charge is 0.455 e. The second-order valence-corrected chi connectivity index (χ2v) is 190. The summed E-state index contributed by atoms with van der Waals surface area (Å²) in [5.74, 6) is 0. The zero-order chi connectivity index (χ0) is 89.8. The molecule has 0 spiro atoms. The summed E-state index contributed by atoms with van der Waals surface area (Å²) in [5, 5.41) is 4.82. The Balaban J connectivity index is 0.00000107. The van der Waals surface area contributed by atoms with Gasteiger partial charge in [-0.15, -0.1) is 0 Å². The van der Waals surface area contributed by atoms with Gasteiger partial charge in [0.2, 0.25) is 0 Å². The highest BCUT2D eigenvalue weighted by Crippen LogP contribution is 2.37. The maximum atomic E-state index is 6.21. The summed E-state index contributed by atoms with van der Waals surface area (Å²) >= 11 is 9.66. The molecule has 0 fully saturated rings. The van der Waals surface area contributed by atoms with E-state index in [-0.39, 0.29) is 7.43 Å². The predicted molar refractivity (Wildman–Crippen MR) is 866 cm³/mol. The van der Waals surface area contributed by atoms with E-state index in [1.54, 1.807) is 107 Å². The van der Waals surface area contributed by atoms with Crippen LogP contribution < -0.4 is 0 Å². The number of aromatic nitrogens is 1. The van der Waals surface area contributed by atoms with Crippen LogP contribution in [0.5, 0.6) is 0 Å². The lowest BCUT2D eigenvalue weighted by atomic mass is 10.0. The highest BCUT2D eigenvalue weighted by molar-refractivity contribution is 8.87. The molecule has 1 N–H and O–H groups in total. The highest BCUT2D eigenvalue weighted by Gasteiger charge is 2.13. The van der Waals surface area contributed by atoms with E-state index in [0.29, 0.717) is 0 Å². The summed E-state index contributed by atoms with van der Waals surface area (Å²) in [6.45, 7) is 0. The lowest BCUT2D eigenvalue weighted by Crippen LogP contribution is -1.79. The molecule has 104 heteroatoms. The van der Waals surface area contributed by atoms with Gasteiger partial charge in [-0.2, -0.15) is 0 Å². The van der Waals surface area contributed by atoms with Crippen molar-refractivity contribution in [3.63, 3.8) is 0 Å². The molecule has 0 atom stereocenters. The van der Waals surface area contributed by atoms with Crippen LogP contribution in [0.1, 0.15) is 7.43 Å². The summed E-state index contributed by atoms with van der Waals surface area (Å²) in [4.78, 5) is 3.49. The second-order valence-electron chi connectivity index (χ2n) is 13.5. The van der Waals surface area contributed by atoms with Gasteiger partial charge in [0, 0.05) is 949 Å². The molecule has 0 bridgehead atoms. The van der Waals surface area contributed by atoms with E-state index < -0.39 is 0 Å². The second kappa shape index (κ2) is 115. The molecule has 0 unspecified atom stereocenters. The monoisotopic (exact) mass is 3610 g/mol. The molecule has 0 aliphatic carbocycles. The average molecular weight is 3620 g/mol. The first-order valence-corrected chi connectivity index (χ1v) is 160. The van der Waals surface area contributed by atoms with Crippen molar-refractivity contribution in [3.05, 3.63) is 84.9 Å². The number of hydrogen-bond acceptors (Lipinski definition) is 3. The molecule has 0 aliphatic rings. The fourth-order valence-electron chi connectivity index (χ4n) is 5.10. The molecule has 2 aromatic heterocycles. The smallest absolute Gasteiger partial charge is 0.143 e. The molecule has 6 rings (SSSR count). The van der Waals surface area contributed by atoms with E-state index in [2.05, 4.69) is 77.8 Å². The number of para-hydroxylation sites is 3. The van der Waals surface area contributed by atoms with Gasteiger partial charge in [-0.25, -0.2) is 0 Å². The van der Waals surface area contributed by atoms with Crippen LogP contribution in [0.25, 0.3) is 54.9 Å². The minimum absolute atomic E-state index is 0. The van der Waals surface area contributed by atoms with Crippen molar-refractivity contribution in [3.8, 4) is 11.1 Å². The Kier molecular flexibility index (Phi) is 125. The van der Waals surface area contributed by atoms with Gasteiger partial charge in [-0.3, -0.25) is 0 Å². The van der Waals surface area contributed by atoms with Crippen molar-refractivity contribution in [1.29, 1.82) is 0 Å². The molecule has 129 heavy (non-hydrogen) atoms. The van der Waals surface area contributed by atoms with Gasteiger partial charge in [0.25, 0.3) is 0 Å². The molecule has 2 nitrogen and oxygen atoms in total. The summed E-state index contributed by atoms with van der Waals surface area (Å²) in [6, 6.07) is 29.6. The van der Waals surface area contributed by atoms with Crippen LogP contribution in [-0.4, -0.2) is 4.98 Å². The third-order valence-electron chi connectivity index (χ3n) is 7.97. The minimum atomic E-state index is 0. The molecule has 0 radical (unpaired) electrons. The Bertz CT molecular complexity index is 10100. The van der Waals surface area contributed by atoms with Crippen molar-refractivity contribution in [2.45, 2.75) is 7.43 Å². The molecule has 742 valence electrons. The van der Waals surface area contributed by atoms with Gasteiger partial charge >= 0.3 is 0 Å². The third kappa shape index (κ3) is 88.3. The highest BCUT2D eigenvalue weighted by atomic mass is 33.6. The van der Waals surface area contributed by atoms with Crippen molar-refractivity contribution < 1.29 is 4.42 Å². The lowest BCUT2D eigenvalue weighted by Gasteiger charge is -2.03. The van der Waals surface area contributed by atoms with Gasteiger partial charge < -0.3 is 9.40 Å². The standard InChI is InChI=1S/C24H15NO.CH4.S102/c1-3-10-21-17(6-1)20-14-15(12-13-22(20)25-21)16-8-5-9-19-18-7-2-4-11-23(18)26-24(16)19;;1-3-5-7-9-11-13-15-17-19-21-23-25-27-29-31-33-35-37-39-41-43-45-47-49-51-53-55-57-59-61-63-65-67-69-71-73-75-77-79-81-83-85-87-89-91-93-95-97-99-101-102-100-98-96-94-92-90-88-86-84-82-80-78-76-74-72-70-68-66-64-62-60-58-56-54-52-50-48-46-44-42-40-38-36-34-32-30-28-26-24-22-20-18-16-14-12-10-8-6-4-2/h1-14,25H;1H4;. The quantitative estimate of drug-likeness (QED) is 0.188. The molecule has 0 saturated carbocycles. The average Bonchev–Trinajstić information content (AvgIpc) is 1.61. The molecular formula is C25H19NOS102. The van der Waals surface area contributed by atoms with Crippen LogP contribution in [0.2, 0.25) is 0 Å². The first-order chi connectivity index (χ1) is 63.8. The van der Waals surface area contributed by atoms with Gasteiger partial charge in [0.05, 0.1) is 0 Å². The van der Waals surface area contributed by atoms with Crippen LogP contribution in [-0.2, 0) is 910 Å². The fourth-order valence-corrected chi connectivity index (χ4v) is 274. The molecule has 0 amide bonds. The number of furan rings is 1. The van der Waals surface area contributed by atoms with E-state index in [1.165, 1.54) is 39.6 Å². The van der Waals surface area contributed by atoms with Gasteiger partial charge in [0.15, 0.2) is 0 Å². The first-order valence-electron chi connectivity index (χ1n) is 25.6. The van der Waals surface area contributed by atoms with Gasteiger partial charge in [-0.1, -0.05) is 68.1 Å². The fraction of sp³-hybridized carbons (Fsp3) is 0.0400. The van der Waals surface area contributed by atoms with Crippen LogP contribution in [0.4, 0.5) is 0 Å². The summed E-state index contributed by atoms with van der Waals surface area (Å²) in [7, 11) is 181. The third-order valence-corrected chi connectivity index (χ3v) is 228. The van der Waals surface area contributed by atoms with Crippen molar-refractivity contribution in [2.24, 2.45) is 0 Å². The summed E-state index contributed by atoms with van der Waals surface area (Å²) in [6.07, 6.45) is 0. The van der Waals surface area contributed by atoms with Gasteiger partial charge in [-0.05, 0) is 29.8 Å². The number of nitrogens with one attached hydrogen (secondary N) is 1. The lowest BCUT2D eigenvalue weighted by molar-refractivity contribution is 0.670. The summed E-state index contributed by atoms with van der Waals surface area (Å²) in [5.41, 5.74) is 6.52. The van der Waals surface area contributed by atoms with Crippen molar-refractivity contribution in [2.75, 3.05) is 0 Å². The number of benzene rings is 4. The Morgan fingerprint density at radius 2 is 0.341 bits per heavy atom. The SMILES string of the molecule is C.S=S=S=S=S=S=S=S=S=S=S=S=S=S=S=S=S=S=S=S=S=S=S=S=S=S=S=S=S=S=S=S=S=S=S=S=S=S=S=S=S=S=S=S=S=S=S=S=S=S=S=S=S=S=S=S=S=S=S=S=S=S=S=S=S=S=S=S=S=S=S=S=S=S=S=S=S=S=S=S=S=S=S=S=S=S=S=S=S=S=S=S=S=S=S=S=S=S=S=S=S=S.c1ccc2c(c1)[nH]c1ccc(-c3cccc4c3oc3ccccc34)cc12. The molecule has 0 saturated heterocycles. The number of aromatic amines is 1. The van der Waals surface area contributed by atoms with Crippen molar-refractivity contribution in [1.82, 2.24) is 4.98 Å². The maximum Gasteiger partial charge on any atom is 0.143 e. The van der Waals surface area contributed by atoms with E-state index in [4.69, 9.17) is 26.8 Å². The van der Waals surface area contributed by atoms with E-state index in [1.807, 2.05) is 776 Å². The van der Waals surface area contributed by atoms with Crippen LogP contribution >= 0.6 is 0 Å². The summed E-state index contributed by atoms with van der Waals surface area (Å²) < 4.78 is 6.21. The molecule has 6 aromatic rings. The molecule has 0 aliphatic heterocycles. The zero-order valence-corrected chi connectivity index (χ0v) is 139. The van der Waals surface area contributed by atoms with Crippen LogP contribution in [0.3, 0.4) is 0 Å². The van der Waals surface area contributed by atoms with E-state index in [9.17, 15) is 0 Å². The molecular weight excluding hydrogens is 3600 g/mol. The Hall–Kier alpha value is 18.9. The Morgan fingerprint density at radius 3 is 0.558 bits per heavy atom. The van der Waals surface area contributed by atoms with Crippen LogP contribution in [0.15, 0.2) is 89.3 Å². The van der Waals surface area contributed by atoms with E-state index >= 15 is 0 Å².